The summed E-state index contributed by atoms with van der Waals surface area (Å²) in [6.45, 7) is -0.220. The predicted octanol–water partition coefficient (Wildman–Crippen LogP) is 1.17. The molecule has 6 nitrogen and oxygen atoms in total. The molecular weight excluding hydrogens is 382 g/mol. The molecule has 1 aromatic carbocycles. The van der Waals surface area contributed by atoms with Gasteiger partial charge in [-0.25, -0.2) is 22.0 Å². The van der Waals surface area contributed by atoms with Crippen LogP contribution in [0, 0.1) is 0 Å². The lowest BCUT2D eigenvalue weighted by atomic mass is 10.3. The van der Waals surface area contributed by atoms with Crippen LogP contribution in [0.3, 0.4) is 0 Å². The van der Waals surface area contributed by atoms with E-state index in [4.69, 9.17) is 21.5 Å². The molecule has 0 radical (unpaired) electrons. The van der Waals surface area contributed by atoms with E-state index in [0.717, 1.165) is 6.26 Å². The van der Waals surface area contributed by atoms with Gasteiger partial charge in [-0.2, -0.15) is 0 Å². The molecule has 0 aliphatic rings. The van der Waals surface area contributed by atoms with Crippen molar-refractivity contribution in [2.24, 2.45) is 5.14 Å². The molecule has 10 heteroatoms. The number of rotatable bonds is 5. The van der Waals surface area contributed by atoms with Crippen molar-refractivity contribution in [2.45, 2.75) is 4.90 Å². The molecule has 0 aliphatic heterocycles. The van der Waals surface area contributed by atoms with Crippen LogP contribution in [0.15, 0.2) is 21.5 Å². The van der Waals surface area contributed by atoms with Crippen LogP contribution in [-0.2, 0) is 19.9 Å². The Morgan fingerprint density at radius 1 is 1.32 bits per heavy atom. The highest BCUT2D eigenvalue weighted by atomic mass is 79.9. The summed E-state index contributed by atoms with van der Waals surface area (Å²) in [7, 11) is -7.25. The maximum Gasteiger partial charge on any atom is 0.241 e. The Bertz CT molecular complexity index is 687. The van der Waals surface area contributed by atoms with Gasteiger partial charge in [0.15, 0.2) is 15.6 Å². The van der Waals surface area contributed by atoms with Gasteiger partial charge in [-0.05, 0) is 12.1 Å². The Balaban J connectivity index is 3.13. The molecule has 1 aromatic rings. The van der Waals surface area contributed by atoms with E-state index in [1.165, 1.54) is 12.1 Å². The first-order valence-electron chi connectivity index (χ1n) is 4.83. The lowest BCUT2D eigenvalue weighted by Crippen LogP contribution is -2.17. The molecule has 0 amide bonds. The van der Waals surface area contributed by atoms with Crippen molar-refractivity contribution in [1.29, 1.82) is 0 Å². The number of benzene rings is 1. The van der Waals surface area contributed by atoms with Gasteiger partial charge in [-0.1, -0.05) is 27.5 Å². The predicted molar refractivity (Wildman–Crippen MR) is 75.7 cm³/mol. The number of halogens is 2. The van der Waals surface area contributed by atoms with Crippen molar-refractivity contribution in [3.63, 3.8) is 0 Å². The van der Waals surface area contributed by atoms with Crippen molar-refractivity contribution < 1.29 is 21.6 Å². The molecule has 0 fully saturated rings. The molecule has 1 rings (SSSR count). The van der Waals surface area contributed by atoms with Gasteiger partial charge in [0, 0.05) is 10.7 Å². The van der Waals surface area contributed by atoms with Crippen molar-refractivity contribution in [3.8, 4) is 5.75 Å². The monoisotopic (exact) mass is 391 g/mol. The second kappa shape index (κ2) is 5.96. The minimum absolute atomic E-state index is 0.0203. The highest BCUT2D eigenvalue weighted by molar-refractivity contribution is 9.10. The van der Waals surface area contributed by atoms with Gasteiger partial charge < -0.3 is 4.74 Å². The summed E-state index contributed by atoms with van der Waals surface area (Å²) in [4.78, 5) is -0.305. The summed E-state index contributed by atoms with van der Waals surface area (Å²) < 4.78 is 50.3. The third-order valence-electron chi connectivity index (χ3n) is 1.98. The van der Waals surface area contributed by atoms with E-state index in [0.29, 0.717) is 4.47 Å². The maximum atomic E-state index is 11.4. The smallest absolute Gasteiger partial charge is 0.241 e. The number of sulfone groups is 1. The molecule has 2 N–H and O–H groups in total. The van der Waals surface area contributed by atoms with E-state index in [9.17, 15) is 16.8 Å². The number of ether oxygens (including phenoxy) is 1. The normalized spacial score (nSPS) is 12.4. The van der Waals surface area contributed by atoms with Crippen LogP contribution in [0.25, 0.3) is 0 Å². The van der Waals surface area contributed by atoms with Crippen LogP contribution >= 0.6 is 27.5 Å². The van der Waals surface area contributed by atoms with Crippen LogP contribution in [0.4, 0.5) is 0 Å². The Morgan fingerprint density at radius 2 is 1.89 bits per heavy atom. The summed E-state index contributed by atoms with van der Waals surface area (Å²) >= 11 is 8.95. The van der Waals surface area contributed by atoms with Gasteiger partial charge in [0.25, 0.3) is 0 Å². The van der Waals surface area contributed by atoms with Crippen LogP contribution in [0.1, 0.15) is 0 Å². The largest absolute Gasteiger partial charge is 0.490 e. The second-order valence-corrected chi connectivity index (χ2v) is 8.85. The van der Waals surface area contributed by atoms with Gasteiger partial charge >= 0.3 is 0 Å². The zero-order valence-electron chi connectivity index (χ0n) is 9.76. The van der Waals surface area contributed by atoms with Gasteiger partial charge in [0.2, 0.25) is 10.0 Å². The number of nitrogens with two attached hydrogens (primary N) is 1. The standard InChI is InChI=1S/C9H11BrClNO5S2/c1-18(13,14)3-2-17-9-7(11)4-6(10)5-8(9)19(12,15)16/h4-5H,2-3H2,1H3,(H2,12,15,16). The molecule has 0 saturated heterocycles. The molecule has 19 heavy (non-hydrogen) atoms. The van der Waals surface area contributed by atoms with Gasteiger partial charge in [-0.15, -0.1) is 0 Å². The molecule has 0 atom stereocenters. The Labute approximate surface area is 125 Å². The molecule has 0 saturated carbocycles. The van der Waals surface area contributed by atoms with E-state index < -0.39 is 19.9 Å². The summed E-state index contributed by atoms with van der Waals surface area (Å²) in [5, 5.41) is 5.07. The summed E-state index contributed by atoms with van der Waals surface area (Å²) in [6.07, 6.45) is 1.04. The summed E-state index contributed by atoms with van der Waals surface area (Å²) in [5.41, 5.74) is 0. The molecule has 0 heterocycles. The first-order valence-corrected chi connectivity index (χ1v) is 9.61. The lowest BCUT2D eigenvalue weighted by molar-refractivity contribution is 0.332. The fourth-order valence-electron chi connectivity index (χ4n) is 1.18. The molecule has 0 aromatic heterocycles. The van der Waals surface area contributed by atoms with E-state index >= 15 is 0 Å². The number of sulfonamides is 1. The highest BCUT2D eigenvalue weighted by Gasteiger charge is 2.20. The number of primary sulfonamides is 1. The van der Waals surface area contributed by atoms with E-state index in [-0.39, 0.29) is 28.0 Å². The third-order valence-corrected chi connectivity index (χ3v) is 4.54. The lowest BCUT2D eigenvalue weighted by Gasteiger charge is -2.12. The molecular formula is C9H11BrClNO5S2. The quantitative estimate of drug-likeness (QED) is 0.810. The Morgan fingerprint density at radius 3 is 2.37 bits per heavy atom. The van der Waals surface area contributed by atoms with Crippen molar-refractivity contribution in [2.75, 3.05) is 18.6 Å². The number of hydrogen-bond acceptors (Lipinski definition) is 5. The molecule has 0 unspecified atom stereocenters. The van der Waals surface area contributed by atoms with Crippen LogP contribution in [0.2, 0.25) is 5.02 Å². The highest BCUT2D eigenvalue weighted by Crippen LogP contribution is 2.34. The molecule has 0 spiro atoms. The van der Waals surface area contributed by atoms with E-state index in [1.54, 1.807) is 0 Å². The maximum absolute atomic E-state index is 11.4. The minimum Gasteiger partial charge on any atom is -0.490 e. The average molecular weight is 393 g/mol. The zero-order valence-corrected chi connectivity index (χ0v) is 13.7. The molecule has 0 aliphatic carbocycles. The summed E-state index contributed by atoms with van der Waals surface area (Å²) in [6, 6.07) is 2.66. The van der Waals surface area contributed by atoms with Crippen molar-refractivity contribution in [3.05, 3.63) is 21.6 Å². The molecule has 0 bridgehead atoms. The first kappa shape index (κ1) is 16.7. The van der Waals surface area contributed by atoms with Gasteiger partial charge in [0.1, 0.15) is 11.5 Å². The van der Waals surface area contributed by atoms with Gasteiger partial charge in [-0.3, -0.25) is 0 Å². The van der Waals surface area contributed by atoms with Crippen LogP contribution < -0.4 is 9.88 Å². The Hall–Kier alpha value is -0.350. The minimum atomic E-state index is -4.03. The fraction of sp³-hybridized carbons (Fsp3) is 0.333. The fourth-order valence-corrected chi connectivity index (χ4v) is 3.36. The van der Waals surface area contributed by atoms with E-state index in [1.807, 2.05) is 0 Å². The topological polar surface area (TPSA) is 104 Å². The molecule has 108 valence electrons. The van der Waals surface area contributed by atoms with Crippen molar-refractivity contribution >= 4 is 47.4 Å². The average Bonchev–Trinajstić information content (AvgIpc) is 2.17. The summed E-state index contributed by atoms with van der Waals surface area (Å²) in [5.74, 6) is -0.417. The second-order valence-electron chi connectivity index (χ2n) is 3.74. The van der Waals surface area contributed by atoms with Crippen LogP contribution in [-0.4, -0.2) is 35.5 Å². The first-order chi connectivity index (χ1) is 8.50. The van der Waals surface area contributed by atoms with Crippen molar-refractivity contribution in [1.82, 2.24) is 0 Å². The zero-order chi connectivity index (χ0) is 14.8. The SMILES string of the molecule is CS(=O)(=O)CCOc1c(Cl)cc(Br)cc1S(N)(=O)=O. The van der Waals surface area contributed by atoms with Gasteiger partial charge in [0.05, 0.1) is 10.8 Å². The van der Waals surface area contributed by atoms with E-state index in [2.05, 4.69) is 15.9 Å². The van der Waals surface area contributed by atoms with Crippen LogP contribution in [0.5, 0.6) is 5.75 Å². The third kappa shape index (κ3) is 5.27. The number of hydrogen-bond donors (Lipinski definition) is 1. The Kier molecular flexibility index (Phi) is 5.24.